The van der Waals surface area contributed by atoms with Crippen LogP contribution in [-0.4, -0.2) is 18.6 Å². The first-order valence-electron chi connectivity index (χ1n) is 5.52. The molecule has 0 saturated heterocycles. The lowest BCUT2D eigenvalue weighted by atomic mass is 9.91. The Morgan fingerprint density at radius 1 is 1.21 bits per heavy atom. The summed E-state index contributed by atoms with van der Waals surface area (Å²) in [5, 5.41) is 0. The van der Waals surface area contributed by atoms with Gasteiger partial charge in [-0.05, 0) is 19.3 Å². The predicted molar refractivity (Wildman–Crippen MR) is 53.7 cm³/mol. The molecule has 1 atom stereocenters. The Bertz CT molecular complexity index is 244. The largest absolute Gasteiger partial charge is 0.468 e. The fourth-order valence-electron chi connectivity index (χ4n) is 2.99. The summed E-state index contributed by atoms with van der Waals surface area (Å²) in [6.45, 7) is 0. The fraction of sp³-hybridized carbons (Fsp3) is 0.909. The summed E-state index contributed by atoms with van der Waals surface area (Å²) in [4.78, 5) is 11.5. The minimum Gasteiger partial charge on any atom is -0.468 e. The molecule has 0 aliphatic heterocycles. The third-order valence-electron chi connectivity index (χ3n) is 4.05. The van der Waals surface area contributed by atoms with Crippen molar-refractivity contribution in [3.63, 3.8) is 0 Å². The van der Waals surface area contributed by atoms with Gasteiger partial charge in [-0.25, -0.2) is 0 Å². The van der Waals surface area contributed by atoms with Gasteiger partial charge in [-0.3, -0.25) is 4.79 Å². The SMILES string of the molecule is COC(=O)C1(N)CC12CCCCCC2. The Balaban J connectivity index is 2.09. The van der Waals surface area contributed by atoms with Gasteiger partial charge in [0.15, 0.2) is 0 Å². The van der Waals surface area contributed by atoms with Crippen molar-refractivity contribution in [2.24, 2.45) is 11.1 Å². The molecule has 0 heterocycles. The normalized spacial score (nSPS) is 35.0. The second-order valence-corrected chi connectivity index (χ2v) is 4.83. The van der Waals surface area contributed by atoms with Gasteiger partial charge in [0.1, 0.15) is 5.54 Å². The summed E-state index contributed by atoms with van der Waals surface area (Å²) in [6, 6.07) is 0. The minimum absolute atomic E-state index is 0.0938. The van der Waals surface area contributed by atoms with Crippen LogP contribution in [0, 0.1) is 5.41 Å². The van der Waals surface area contributed by atoms with Crippen molar-refractivity contribution < 1.29 is 9.53 Å². The number of methoxy groups -OCH3 is 1. The highest BCUT2D eigenvalue weighted by Gasteiger charge is 2.69. The summed E-state index contributed by atoms with van der Waals surface area (Å²) >= 11 is 0. The number of hydrogen-bond acceptors (Lipinski definition) is 3. The van der Waals surface area contributed by atoms with Crippen LogP contribution in [0.1, 0.15) is 44.9 Å². The lowest BCUT2D eigenvalue weighted by Crippen LogP contribution is -2.40. The van der Waals surface area contributed by atoms with Gasteiger partial charge in [0.25, 0.3) is 0 Å². The number of carbonyl (C=O) groups excluding carboxylic acids is 1. The van der Waals surface area contributed by atoms with Crippen molar-refractivity contribution >= 4 is 5.97 Å². The van der Waals surface area contributed by atoms with Gasteiger partial charge in [-0.1, -0.05) is 25.7 Å². The average molecular weight is 197 g/mol. The Kier molecular flexibility index (Phi) is 2.30. The van der Waals surface area contributed by atoms with E-state index < -0.39 is 5.54 Å². The Labute approximate surface area is 85.0 Å². The molecule has 1 spiro atoms. The van der Waals surface area contributed by atoms with E-state index in [2.05, 4.69) is 0 Å². The molecule has 3 heteroatoms. The zero-order valence-electron chi connectivity index (χ0n) is 8.84. The number of nitrogens with two attached hydrogens (primary N) is 1. The molecule has 0 amide bonds. The number of ether oxygens (including phenoxy) is 1. The highest BCUT2D eigenvalue weighted by Crippen LogP contribution is 2.62. The van der Waals surface area contributed by atoms with Gasteiger partial charge in [0, 0.05) is 5.41 Å². The third kappa shape index (κ3) is 1.26. The topological polar surface area (TPSA) is 52.3 Å². The molecule has 2 aliphatic rings. The highest BCUT2D eigenvalue weighted by atomic mass is 16.5. The zero-order chi connectivity index (χ0) is 10.2. The van der Waals surface area contributed by atoms with Gasteiger partial charge in [0.05, 0.1) is 7.11 Å². The van der Waals surface area contributed by atoms with Gasteiger partial charge >= 0.3 is 5.97 Å². The molecule has 0 radical (unpaired) electrons. The van der Waals surface area contributed by atoms with Crippen molar-refractivity contribution in [1.82, 2.24) is 0 Å². The van der Waals surface area contributed by atoms with Crippen LogP contribution >= 0.6 is 0 Å². The highest BCUT2D eigenvalue weighted by molar-refractivity contribution is 5.86. The second kappa shape index (κ2) is 3.23. The quantitative estimate of drug-likeness (QED) is 0.650. The van der Waals surface area contributed by atoms with Crippen LogP contribution in [0.5, 0.6) is 0 Å². The van der Waals surface area contributed by atoms with Gasteiger partial charge < -0.3 is 10.5 Å². The van der Waals surface area contributed by atoms with Crippen LogP contribution in [0.4, 0.5) is 0 Å². The molecule has 2 aliphatic carbocycles. The fourth-order valence-corrected chi connectivity index (χ4v) is 2.99. The molecule has 80 valence electrons. The van der Waals surface area contributed by atoms with Crippen LogP contribution in [0.3, 0.4) is 0 Å². The van der Waals surface area contributed by atoms with E-state index in [1.807, 2.05) is 0 Å². The monoisotopic (exact) mass is 197 g/mol. The first-order chi connectivity index (χ1) is 6.65. The van der Waals surface area contributed by atoms with Crippen LogP contribution in [0.15, 0.2) is 0 Å². The van der Waals surface area contributed by atoms with E-state index >= 15 is 0 Å². The molecule has 14 heavy (non-hydrogen) atoms. The summed E-state index contributed by atoms with van der Waals surface area (Å²) in [5.41, 5.74) is 5.55. The number of esters is 1. The summed E-state index contributed by atoms with van der Waals surface area (Å²) in [5.74, 6) is -0.209. The molecular formula is C11H19NO2. The third-order valence-corrected chi connectivity index (χ3v) is 4.05. The van der Waals surface area contributed by atoms with E-state index in [9.17, 15) is 4.79 Å². The average Bonchev–Trinajstić information content (AvgIpc) is 2.86. The number of rotatable bonds is 1. The molecule has 2 N–H and O–H groups in total. The summed E-state index contributed by atoms with van der Waals surface area (Å²) < 4.78 is 4.78. The van der Waals surface area contributed by atoms with Crippen LogP contribution < -0.4 is 5.73 Å². The summed E-state index contributed by atoms with van der Waals surface area (Å²) in [6.07, 6.45) is 8.08. The lowest BCUT2D eigenvalue weighted by Gasteiger charge is -2.18. The maximum Gasteiger partial charge on any atom is 0.326 e. The van der Waals surface area contributed by atoms with Crippen molar-refractivity contribution in [2.75, 3.05) is 7.11 Å². The van der Waals surface area contributed by atoms with Crippen molar-refractivity contribution in [3.8, 4) is 0 Å². The first-order valence-corrected chi connectivity index (χ1v) is 5.52. The molecular weight excluding hydrogens is 178 g/mol. The van der Waals surface area contributed by atoms with Gasteiger partial charge in [0.2, 0.25) is 0 Å². The molecule has 3 nitrogen and oxygen atoms in total. The van der Waals surface area contributed by atoms with Crippen molar-refractivity contribution in [3.05, 3.63) is 0 Å². The van der Waals surface area contributed by atoms with E-state index in [-0.39, 0.29) is 11.4 Å². The number of carbonyl (C=O) groups is 1. The smallest absolute Gasteiger partial charge is 0.326 e. The standard InChI is InChI=1S/C11H19NO2/c1-14-9(13)11(12)8-10(11)6-4-2-3-5-7-10/h2-8,12H2,1H3. The van der Waals surface area contributed by atoms with E-state index in [1.165, 1.54) is 32.8 Å². The van der Waals surface area contributed by atoms with E-state index in [0.29, 0.717) is 0 Å². The maximum atomic E-state index is 11.5. The van der Waals surface area contributed by atoms with Crippen molar-refractivity contribution in [2.45, 2.75) is 50.5 Å². The zero-order valence-corrected chi connectivity index (χ0v) is 8.84. The Morgan fingerprint density at radius 3 is 2.29 bits per heavy atom. The molecule has 0 aromatic carbocycles. The van der Waals surface area contributed by atoms with E-state index in [0.717, 1.165) is 19.3 Å². The lowest BCUT2D eigenvalue weighted by molar-refractivity contribution is -0.144. The number of hydrogen-bond donors (Lipinski definition) is 1. The minimum atomic E-state index is -0.647. The maximum absolute atomic E-state index is 11.5. The van der Waals surface area contributed by atoms with Gasteiger partial charge in [-0.15, -0.1) is 0 Å². The second-order valence-electron chi connectivity index (χ2n) is 4.83. The Morgan fingerprint density at radius 2 is 1.79 bits per heavy atom. The van der Waals surface area contributed by atoms with E-state index in [4.69, 9.17) is 10.5 Å². The molecule has 0 aromatic heterocycles. The molecule has 2 rings (SSSR count). The first kappa shape index (κ1) is 9.97. The van der Waals surface area contributed by atoms with Crippen LogP contribution in [-0.2, 0) is 9.53 Å². The Hall–Kier alpha value is -0.570. The predicted octanol–water partition coefficient (Wildman–Crippen LogP) is 1.60. The van der Waals surface area contributed by atoms with E-state index in [1.54, 1.807) is 0 Å². The van der Waals surface area contributed by atoms with Crippen LogP contribution in [0.2, 0.25) is 0 Å². The molecule has 2 saturated carbocycles. The molecule has 1 unspecified atom stereocenters. The molecule has 0 aromatic rings. The molecule has 0 bridgehead atoms. The summed E-state index contributed by atoms with van der Waals surface area (Å²) in [7, 11) is 1.43. The molecule has 2 fully saturated rings. The van der Waals surface area contributed by atoms with Gasteiger partial charge in [-0.2, -0.15) is 0 Å². The van der Waals surface area contributed by atoms with Crippen LogP contribution in [0.25, 0.3) is 0 Å². The van der Waals surface area contributed by atoms with Crippen molar-refractivity contribution in [1.29, 1.82) is 0 Å².